The van der Waals surface area contributed by atoms with Crippen LogP contribution in [0.1, 0.15) is 19.3 Å². The van der Waals surface area contributed by atoms with Crippen LogP contribution in [0.5, 0.6) is 0 Å². The maximum Gasteiger partial charge on any atom is 0.163 e. The van der Waals surface area contributed by atoms with E-state index in [-0.39, 0.29) is 12.0 Å². The molecule has 1 fully saturated rings. The van der Waals surface area contributed by atoms with Gasteiger partial charge in [-0.3, -0.25) is 0 Å². The van der Waals surface area contributed by atoms with Gasteiger partial charge in [-0.1, -0.05) is 41.9 Å². The second kappa shape index (κ2) is 6.00. The molecule has 0 atom stereocenters. The van der Waals surface area contributed by atoms with Crippen molar-refractivity contribution in [3.05, 3.63) is 41.6 Å². The lowest BCUT2D eigenvalue weighted by molar-refractivity contribution is 0.253. The van der Waals surface area contributed by atoms with E-state index in [4.69, 9.17) is 16.7 Å². The summed E-state index contributed by atoms with van der Waals surface area (Å²) in [4.78, 5) is 8.80. The van der Waals surface area contributed by atoms with Gasteiger partial charge in [0.25, 0.3) is 0 Å². The predicted octanol–water partition coefficient (Wildman–Crippen LogP) is 3.37. The van der Waals surface area contributed by atoms with E-state index >= 15 is 0 Å². The molecule has 1 saturated carbocycles. The number of aliphatic hydroxyl groups excluding tert-OH is 1. The van der Waals surface area contributed by atoms with E-state index in [0.29, 0.717) is 11.0 Å². The van der Waals surface area contributed by atoms with E-state index in [9.17, 15) is 0 Å². The van der Waals surface area contributed by atoms with Crippen LogP contribution in [-0.2, 0) is 0 Å². The van der Waals surface area contributed by atoms with Crippen LogP contribution in [0.4, 0.5) is 5.82 Å². The number of halogens is 1. The highest BCUT2D eigenvalue weighted by molar-refractivity contribution is 6.29. The van der Waals surface area contributed by atoms with Crippen molar-refractivity contribution in [2.75, 3.05) is 18.5 Å². The van der Waals surface area contributed by atoms with Gasteiger partial charge in [0.2, 0.25) is 0 Å². The van der Waals surface area contributed by atoms with E-state index in [1.807, 2.05) is 30.3 Å². The first-order chi connectivity index (χ1) is 10.2. The lowest BCUT2D eigenvalue weighted by Gasteiger charge is -2.15. The Bertz CT molecular complexity index is 614. The van der Waals surface area contributed by atoms with Gasteiger partial charge in [-0.25, -0.2) is 9.97 Å². The molecule has 0 aliphatic heterocycles. The van der Waals surface area contributed by atoms with Crippen LogP contribution in [0.3, 0.4) is 0 Å². The third-order valence-electron chi connectivity index (χ3n) is 3.97. The third-order valence-corrected chi connectivity index (χ3v) is 4.16. The number of hydrogen-bond acceptors (Lipinski definition) is 4. The average Bonchev–Trinajstić information content (AvgIpc) is 3.26. The Balaban J connectivity index is 1.76. The molecular formula is C16H18ClN3O. The molecule has 0 saturated heterocycles. The second-order valence-electron chi connectivity index (χ2n) is 5.59. The number of benzene rings is 1. The van der Waals surface area contributed by atoms with Gasteiger partial charge >= 0.3 is 0 Å². The molecule has 0 amide bonds. The third kappa shape index (κ3) is 3.52. The minimum absolute atomic E-state index is 0.235. The Labute approximate surface area is 129 Å². The molecule has 0 spiro atoms. The lowest BCUT2D eigenvalue weighted by atomic mass is 10.0. The average molecular weight is 304 g/mol. The molecule has 1 aliphatic carbocycles. The van der Waals surface area contributed by atoms with Gasteiger partial charge in [-0.15, -0.1) is 0 Å². The van der Waals surface area contributed by atoms with Crippen molar-refractivity contribution < 1.29 is 5.11 Å². The smallest absolute Gasteiger partial charge is 0.163 e. The Morgan fingerprint density at radius 2 is 1.95 bits per heavy atom. The van der Waals surface area contributed by atoms with Crippen LogP contribution in [0.2, 0.25) is 5.15 Å². The number of aliphatic hydroxyl groups is 1. The largest absolute Gasteiger partial charge is 0.396 e. The van der Waals surface area contributed by atoms with Crippen molar-refractivity contribution in [3.8, 4) is 11.4 Å². The molecule has 0 radical (unpaired) electrons. The number of anilines is 1. The lowest BCUT2D eigenvalue weighted by Crippen LogP contribution is -2.17. The van der Waals surface area contributed by atoms with Crippen LogP contribution in [0.15, 0.2) is 36.4 Å². The summed E-state index contributed by atoms with van der Waals surface area (Å²) < 4.78 is 0. The maximum atomic E-state index is 9.10. The van der Waals surface area contributed by atoms with Gasteiger partial charge in [0.1, 0.15) is 11.0 Å². The Hall–Kier alpha value is -1.65. The quantitative estimate of drug-likeness (QED) is 0.803. The monoisotopic (exact) mass is 303 g/mol. The van der Waals surface area contributed by atoms with E-state index < -0.39 is 0 Å². The summed E-state index contributed by atoms with van der Waals surface area (Å²) in [6.07, 6.45) is 3.15. The van der Waals surface area contributed by atoms with Crippen molar-refractivity contribution in [2.24, 2.45) is 5.41 Å². The fourth-order valence-electron chi connectivity index (χ4n) is 2.43. The van der Waals surface area contributed by atoms with Gasteiger partial charge in [0.05, 0.1) is 0 Å². The summed E-state index contributed by atoms with van der Waals surface area (Å²) in [5, 5.41) is 12.9. The molecule has 2 N–H and O–H groups in total. The highest BCUT2D eigenvalue weighted by Gasteiger charge is 2.41. The first-order valence-corrected chi connectivity index (χ1v) is 7.53. The molecule has 4 nitrogen and oxygen atoms in total. The summed E-state index contributed by atoms with van der Waals surface area (Å²) in [7, 11) is 0. The summed E-state index contributed by atoms with van der Waals surface area (Å²) in [6, 6.07) is 11.5. The number of aromatic nitrogens is 2. The number of nitrogens with one attached hydrogen (secondary N) is 1. The fourth-order valence-corrected chi connectivity index (χ4v) is 2.62. The van der Waals surface area contributed by atoms with E-state index in [2.05, 4.69) is 15.3 Å². The van der Waals surface area contributed by atoms with Crippen molar-refractivity contribution >= 4 is 17.4 Å². The normalized spacial score (nSPS) is 15.7. The highest BCUT2D eigenvalue weighted by atomic mass is 35.5. The highest BCUT2D eigenvalue weighted by Crippen LogP contribution is 2.48. The molecule has 0 unspecified atom stereocenters. The van der Waals surface area contributed by atoms with Crippen molar-refractivity contribution in [2.45, 2.75) is 19.3 Å². The molecule has 1 aromatic carbocycles. The van der Waals surface area contributed by atoms with Crippen LogP contribution in [0, 0.1) is 5.41 Å². The first-order valence-electron chi connectivity index (χ1n) is 7.16. The first kappa shape index (κ1) is 14.3. The van der Waals surface area contributed by atoms with E-state index in [0.717, 1.165) is 37.2 Å². The molecule has 1 aromatic heterocycles. The standard InChI is InChI=1S/C16H18ClN3O/c17-13-10-14(18-11-16(6-7-16)8-9-21)20-15(19-13)12-4-2-1-3-5-12/h1-5,10,21H,6-9,11H2,(H,18,19,20). The summed E-state index contributed by atoms with van der Waals surface area (Å²) in [6.45, 7) is 1.05. The number of nitrogens with zero attached hydrogens (tertiary/aromatic N) is 2. The van der Waals surface area contributed by atoms with E-state index in [1.54, 1.807) is 6.07 Å². The Morgan fingerprint density at radius 3 is 2.62 bits per heavy atom. The van der Waals surface area contributed by atoms with Crippen LogP contribution < -0.4 is 5.32 Å². The maximum absolute atomic E-state index is 9.10. The zero-order valence-corrected chi connectivity index (χ0v) is 12.5. The van der Waals surface area contributed by atoms with Crippen LogP contribution in [-0.4, -0.2) is 28.2 Å². The fraction of sp³-hybridized carbons (Fsp3) is 0.375. The summed E-state index contributed by atoms with van der Waals surface area (Å²) >= 11 is 6.10. The summed E-state index contributed by atoms with van der Waals surface area (Å²) in [5.41, 5.74) is 1.18. The number of hydrogen-bond donors (Lipinski definition) is 2. The zero-order valence-electron chi connectivity index (χ0n) is 11.7. The van der Waals surface area contributed by atoms with Gasteiger partial charge < -0.3 is 10.4 Å². The number of rotatable bonds is 6. The van der Waals surface area contributed by atoms with Gasteiger partial charge in [0, 0.05) is 24.8 Å². The van der Waals surface area contributed by atoms with Gasteiger partial charge in [-0.2, -0.15) is 0 Å². The molecule has 21 heavy (non-hydrogen) atoms. The molecule has 1 aliphatic rings. The zero-order chi connectivity index (χ0) is 14.7. The molecular weight excluding hydrogens is 286 g/mol. The molecule has 110 valence electrons. The van der Waals surface area contributed by atoms with Crippen molar-refractivity contribution in [1.82, 2.24) is 9.97 Å². The van der Waals surface area contributed by atoms with Crippen LogP contribution in [0.25, 0.3) is 11.4 Å². The minimum atomic E-state index is 0.235. The molecule has 0 bridgehead atoms. The van der Waals surface area contributed by atoms with Crippen LogP contribution >= 0.6 is 11.6 Å². The van der Waals surface area contributed by atoms with Gasteiger partial charge in [-0.05, 0) is 24.7 Å². The van der Waals surface area contributed by atoms with Gasteiger partial charge in [0.15, 0.2) is 5.82 Å². The van der Waals surface area contributed by atoms with Crippen molar-refractivity contribution in [3.63, 3.8) is 0 Å². The van der Waals surface area contributed by atoms with E-state index in [1.165, 1.54) is 0 Å². The molecule has 1 heterocycles. The van der Waals surface area contributed by atoms with Crippen molar-refractivity contribution in [1.29, 1.82) is 0 Å². The Kier molecular flexibility index (Phi) is 4.08. The molecule has 2 aromatic rings. The SMILES string of the molecule is OCCC1(CNc2cc(Cl)nc(-c3ccccc3)n2)CC1. The topological polar surface area (TPSA) is 58.0 Å². The molecule has 5 heteroatoms. The second-order valence-corrected chi connectivity index (χ2v) is 5.98. The minimum Gasteiger partial charge on any atom is -0.396 e. The Morgan fingerprint density at radius 1 is 1.19 bits per heavy atom. The molecule has 3 rings (SSSR count). The predicted molar refractivity (Wildman–Crippen MR) is 84.3 cm³/mol. The summed E-state index contributed by atoms with van der Waals surface area (Å²) in [5.74, 6) is 1.36.